The Morgan fingerprint density at radius 2 is 1.17 bits per heavy atom. The average molecular weight is 531 g/mol. The Labute approximate surface area is 194 Å². The van der Waals surface area contributed by atoms with E-state index < -0.39 is 7.26 Å². The lowest BCUT2D eigenvalue weighted by Gasteiger charge is -2.25. The molecule has 5 heteroatoms. The van der Waals surface area contributed by atoms with E-state index in [1.54, 1.807) is 11.8 Å². The van der Waals surface area contributed by atoms with E-state index in [1.165, 1.54) is 15.9 Å². The zero-order chi connectivity index (χ0) is 19.4. The first-order valence-electron chi connectivity index (χ1n) is 9.43. The summed E-state index contributed by atoms with van der Waals surface area (Å²) in [7, 11) is -2.18. The van der Waals surface area contributed by atoms with Crippen LogP contribution in [0.15, 0.2) is 101 Å². The largest absolute Gasteiger partial charge is 1.00 e. The van der Waals surface area contributed by atoms with Crippen molar-refractivity contribution in [2.45, 2.75) is 18.9 Å². The molecule has 2 nitrogen and oxygen atoms in total. The third kappa shape index (κ3) is 4.16. The maximum absolute atomic E-state index is 6.11. The molecule has 0 bridgehead atoms. The molecule has 0 saturated carbocycles. The summed E-state index contributed by atoms with van der Waals surface area (Å²) in [6, 6.07) is 32.3. The number of rotatable bonds is 6. The fraction of sp³-hybridized carbons (Fsp3) is 0.125. The molecule has 0 unspecified atom stereocenters. The van der Waals surface area contributed by atoms with E-state index in [0.717, 1.165) is 22.2 Å². The Hall–Kier alpha value is -1.62. The molecule has 3 aromatic carbocycles. The topological polar surface area (TPSA) is 26.0 Å². The number of aromatic nitrogens is 1. The quantitative estimate of drug-likeness (QED) is 0.216. The summed E-state index contributed by atoms with van der Waals surface area (Å²) < 4.78 is 6.11. The number of halogens is 1. The second-order valence-electron chi connectivity index (χ2n) is 6.45. The molecule has 0 N–H and O–H groups in total. The van der Waals surface area contributed by atoms with Gasteiger partial charge in [-0.1, -0.05) is 73.3 Å². The van der Waals surface area contributed by atoms with Gasteiger partial charge in [0.25, 0.3) is 5.44 Å². The van der Waals surface area contributed by atoms with Gasteiger partial charge in [0.1, 0.15) is 15.9 Å². The Kier molecular flexibility index (Phi) is 7.55. The molecule has 4 aromatic rings. The summed E-state index contributed by atoms with van der Waals surface area (Å²) in [5.74, 6) is 1.66. The Morgan fingerprint density at radius 1 is 0.759 bits per heavy atom. The van der Waals surface area contributed by atoms with Crippen LogP contribution >= 0.6 is 19.0 Å². The van der Waals surface area contributed by atoms with Crippen molar-refractivity contribution in [3.63, 3.8) is 0 Å². The van der Waals surface area contributed by atoms with Crippen LogP contribution < -0.4 is 45.3 Å². The van der Waals surface area contributed by atoms with E-state index in [-0.39, 0.29) is 24.0 Å². The number of thioether (sulfide) groups is 1. The van der Waals surface area contributed by atoms with Crippen LogP contribution in [0.25, 0.3) is 0 Å². The molecule has 0 radical (unpaired) electrons. The Balaban J connectivity index is 0.00000240. The highest BCUT2D eigenvalue weighted by Gasteiger charge is 2.52. The molecule has 0 spiro atoms. The zero-order valence-corrected chi connectivity index (χ0v) is 20.3. The van der Waals surface area contributed by atoms with Gasteiger partial charge in [0.05, 0.1) is 0 Å². The molecular formula is C24H23INOPS. The van der Waals surface area contributed by atoms with Gasteiger partial charge < -0.3 is 28.4 Å². The van der Waals surface area contributed by atoms with Crippen molar-refractivity contribution >= 4 is 40.4 Å². The number of hydrogen-bond donors (Lipinski definition) is 0. The first-order chi connectivity index (χ1) is 13.8. The maximum Gasteiger partial charge on any atom is 0.250 e. The molecular weight excluding hydrogens is 508 g/mol. The molecule has 0 amide bonds. The lowest BCUT2D eigenvalue weighted by molar-refractivity contribution is -0.00000617. The van der Waals surface area contributed by atoms with Crippen molar-refractivity contribution < 1.29 is 28.4 Å². The van der Waals surface area contributed by atoms with Crippen LogP contribution in [0.5, 0.6) is 0 Å². The van der Waals surface area contributed by atoms with Gasteiger partial charge in [-0.15, -0.1) is 0 Å². The second-order valence-corrected chi connectivity index (χ2v) is 11.0. The first kappa shape index (κ1) is 22.1. The summed E-state index contributed by atoms with van der Waals surface area (Å²) >= 11 is 1.73. The van der Waals surface area contributed by atoms with Gasteiger partial charge in [0.15, 0.2) is 13.2 Å². The van der Waals surface area contributed by atoms with Crippen LogP contribution in [0.1, 0.15) is 12.8 Å². The van der Waals surface area contributed by atoms with Crippen molar-refractivity contribution in [2.75, 3.05) is 5.75 Å². The molecule has 0 aliphatic rings. The fourth-order valence-corrected chi connectivity index (χ4v) is 8.92. The lowest BCUT2D eigenvalue weighted by Crippen LogP contribution is -3.00. The second kappa shape index (κ2) is 9.92. The molecule has 0 atom stereocenters. The average Bonchev–Trinajstić information content (AvgIpc) is 3.12. The molecule has 29 heavy (non-hydrogen) atoms. The Morgan fingerprint density at radius 3 is 1.55 bits per heavy atom. The number of hydrogen-bond acceptors (Lipinski definition) is 3. The highest BCUT2D eigenvalue weighted by Crippen LogP contribution is 2.55. The number of benzene rings is 3. The van der Waals surface area contributed by atoms with Gasteiger partial charge in [0.2, 0.25) is 5.09 Å². The first-order valence-corrected chi connectivity index (χ1v) is 12.2. The van der Waals surface area contributed by atoms with Crippen LogP contribution in [-0.4, -0.2) is 10.7 Å². The van der Waals surface area contributed by atoms with E-state index in [2.05, 4.69) is 97.9 Å². The van der Waals surface area contributed by atoms with Gasteiger partial charge in [-0.3, -0.25) is 0 Å². The van der Waals surface area contributed by atoms with Crippen molar-refractivity contribution in [1.82, 2.24) is 4.98 Å². The summed E-state index contributed by atoms with van der Waals surface area (Å²) in [6.07, 6.45) is 0. The number of aryl methyl sites for hydroxylation is 1. The van der Waals surface area contributed by atoms with E-state index in [9.17, 15) is 0 Å². The highest BCUT2D eigenvalue weighted by atomic mass is 127. The van der Waals surface area contributed by atoms with Crippen LogP contribution in [0, 0.1) is 6.92 Å². The zero-order valence-electron chi connectivity index (χ0n) is 16.5. The van der Waals surface area contributed by atoms with Gasteiger partial charge in [0, 0.05) is 6.92 Å². The molecule has 148 valence electrons. The number of nitrogens with zero attached hydrogens (tertiary/aromatic N) is 1. The summed E-state index contributed by atoms with van der Waals surface area (Å²) in [4.78, 5) is 4.99. The van der Waals surface area contributed by atoms with Crippen molar-refractivity contribution in [3.8, 4) is 0 Å². The van der Waals surface area contributed by atoms with Crippen LogP contribution in [0.4, 0.5) is 0 Å². The van der Waals surface area contributed by atoms with Gasteiger partial charge in [-0.2, -0.15) is 4.98 Å². The highest BCUT2D eigenvalue weighted by molar-refractivity contribution is 8.04. The van der Waals surface area contributed by atoms with Gasteiger partial charge in [-0.25, -0.2) is 0 Å². The molecule has 4 rings (SSSR count). The minimum Gasteiger partial charge on any atom is -1.00 e. The Bertz CT molecular complexity index is 942. The summed E-state index contributed by atoms with van der Waals surface area (Å²) in [5.41, 5.74) is 1.07. The molecule has 0 fully saturated rings. The van der Waals surface area contributed by atoms with Gasteiger partial charge >= 0.3 is 0 Å². The van der Waals surface area contributed by atoms with Crippen LogP contribution in [-0.2, 0) is 0 Å². The SMILES string of the molecule is CCSc1oc(C)nc1[P+](c1ccccc1)(c1ccccc1)c1ccccc1.[I-]. The third-order valence-electron chi connectivity index (χ3n) is 4.71. The maximum atomic E-state index is 6.11. The molecule has 0 saturated heterocycles. The van der Waals surface area contributed by atoms with E-state index in [0.29, 0.717) is 0 Å². The summed E-state index contributed by atoms with van der Waals surface area (Å²) in [6.45, 7) is 4.10. The van der Waals surface area contributed by atoms with Crippen LogP contribution in [0.3, 0.4) is 0 Å². The monoisotopic (exact) mass is 531 g/mol. The standard InChI is InChI=1S/C24H23NOPS.HI/c1-3-28-24-23(25-19(2)26-24)27(20-13-7-4-8-14-20,21-15-9-5-10-16-21)22-17-11-6-12-18-22;/h4-18H,3H2,1-2H3;1H/q+1;/p-1. The minimum absolute atomic E-state index is 0. The predicted molar refractivity (Wildman–Crippen MR) is 122 cm³/mol. The number of oxazole rings is 1. The molecule has 0 aliphatic carbocycles. The van der Waals surface area contributed by atoms with Crippen molar-refractivity contribution in [3.05, 3.63) is 96.9 Å². The van der Waals surface area contributed by atoms with E-state index in [1.807, 2.05) is 6.92 Å². The summed E-state index contributed by atoms with van der Waals surface area (Å²) in [5, 5.41) is 4.81. The van der Waals surface area contributed by atoms with Gasteiger partial charge in [-0.05, 0) is 42.2 Å². The smallest absolute Gasteiger partial charge is 0.250 e. The lowest BCUT2D eigenvalue weighted by atomic mass is 10.4. The molecule has 0 aliphatic heterocycles. The third-order valence-corrected chi connectivity index (χ3v) is 9.85. The normalized spacial score (nSPS) is 11.1. The van der Waals surface area contributed by atoms with Crippen molar-refractivity contribution in [1.29, 1.82) is 0 Å². The molecule has 1 heterocycles. The molecule has 1 aromatic heterocycles. The van der Waals surface area contributed by atoms with E-state index in [4.69, 9.17) is 9.40 Å². The fourth-order valence-electron chi connectivity index (χ4n) is 3.60. The minimum atomic E-state index is -2.18. The van der Waals surface area contributed by atoms with E-state index >= 15 is 0 Å². The van der Waals surface area contributed by atoms with Crippen molar-refractivity contribution in [2.24, 2.45) is 0 Å². The predicted octanol–water partition coefficient (Wildman–Crippen LogP) is 1.72. The van der Waals surface area contributed by atoms with Crippen LogP contribution in [0.2, 0.25) is 0 Å².